The molecule has 0 aromatic carbocycles. The Bertz CT molecular complexity index is 321. The van der Waals surface area contributed by atoms with E-state index in [1.165, 1.54) is 11.3 Å². The molecule has 1 aliphatic heterocycles. The summed E-state index contributed by atoms with van der Waals surface area (Å²) in [5.41, 5.74) is 2.29. The van der Waals surface area contributed by atoms with Crippen LogP contribution in [0.3, 0.4) is 0 Å². The molecule has 2 heterocycles. The van der Waals surface area contributed by atoms with E-state index in [1.807, 2.05) is 10.3 Å². The minimum atomic E-state index is 0.0737. The smallest absolute Gasteiger partial charge is 0.273 e. The molecule has 1 saturated heterocycles. The van der Waals surface area contributed by atoms with Gasteiger partial charge in [-0.1, -0.05) is 6.92 Å². The van der Waals surface area contributed by atoms with Crippen LogP contribution in [0.2, 0.25) is 0 Å². The van der Waals surface area contributed by atoms with Gasteiger partial charge in [0.05, 0.1) is 11.6 Å². The molecule has 0 atom stereocenters. The largest absolute Gasteiger partial charge is 0.332 e. The molecule has 4 nitrogen and oxygen atoms in total. The minimum absolute atomic E-state index is 0.0737. The number of hydrogen-bond acceptors (Lipinski definition) is 4. The first kappa shape index (κ1) is 10.6. The summed E-state index contributed by atoms with van der Waals surface area (Å²) in [4.78, 5) is 18.1. The van der Waals surface area contributed by atoms with Gasteiger partial charge in [-0.3, -0.25) is 4.79 Å². The van der Waals surface area contributed by atoms with Gasteiger partial charge in [-0.15, -0.1) is 11.3 Å². The van der Waals surface area contributed by atoms with Crippen LogP contribution in [0.4, 0.5) is 0 Å². The molecule has 82 valence electrons. The molecule has 0 radical (unpaired) electrons. The predicted molar refractivity (Wildman–Crippen MR) is 60.1 cm³/mol. The predicted octanol–water partition coefficient (Wildman–Crippen LogP) is 0.967. The van der Waals surface area contributed by atoms with Crippen molar-refractivity contribution in [3.8, 4) is 0 Å². The van der Waals surface area contributed by atoms with Crippen molar-refractivity contribution in [2.75, 3.05) is 19.6 Å². The van der Waals surface area contributed by atoms with Crippen LogP contribution in [-0.2, 0) is 0 Å². The fourth-order valence-electron chi connectivity index (χ4n) is 1.65. The lowest BCUT2D eigenvalue weighted by Crippen LogP contribution is -2.59. The van der Waals surface area contributed by atoms with Crippen molar-refractivity contribution in [2.45, 2.75) is 19.4 Å². The molecule has 0 aliphatic carbocycles. The normalized spacial score (nSPS) is 16.1. The summed E-state index contributed by atoms with van der Waals surface area (Å²) in [6, 6.07) is 0.360. The average Bonchev–Trinajstić information content (AvgIpc) is 2.66. The molecule has 0 bridgehead atoms. The van der Waals surface area contributed by atoms with Crippen molar-refractivity contribution in [3.63, 3.8) is 0 Å². The van der Waals surface area contributed by atoms with Crippen LogP contribution in [0.15, 0.2) is 10.9 Å². The number of carbonyl (C=O) groups excluding carboxylic acids is 1. The molecule has 1 aromatic heterocycles. The Hall–Kier alpha value is -0.940. The average molecular weight is 225 g/mol. The van der Waals surface area contributed by atoms with E-state index >= 15 is 0 Å². The summed E-state index contributed by atoms with van der Waals surface area (Å²) >= 11 is 1.47. The zero-order chi connectivity index (χ0) is 10.7. The van der Waals surface area contributed by atoms with Gasteiger partial charge in [-0.25, -0.2) is 4.98 Å². The number of nitrogens with zero attached hydrogens (tertiary/aromatic N) is 2. The Morgan fingerprint density at radius 1 is 1.73 bits per heavy atom. The molecule has 0 spiro atoms. The van der Waals surface area contributed by atoms with Gasteiger partial charge in [0.1, 0.15) is 5.69 Å². The van der Waals surface area contributed by atoms with E-state index < -0.39 is 0 Å². The van der Waals surface area contributed by atoms with Gasteiger partial charge in [0.15, 0.2) is 0 Å². The maximum Gasteiger partial charge on any atom is 0.273 e. The van der Waals surface area contributed by atoms with Gasteiger partial charge < -0.3 is 10.2 Å². The van der Waals surface area contributed by atoms with Crippen molar-refractivity contribution in [1.82, 2.24) is 15.2 Å². The van der Waals surface area contributed by atoms with Crippen molar-refractivity contribution in [1.29, 1.82) is 0 Å². The fraction of sp³-hybridized carbons (Fsp3) is 0.600. The number of thiazole rings is 1. The third-order valence-electron chi connectivity index (χ3n) is 2.58. The van der Waals surface area contributed by atoms with Gasteiger partial charge in [0.2, 0.25) is 0 Å². The van der Waals surface area contributed by atoms with Crippen molar-refractivity contribution >= 4 is 17.2 Å². The van der Waals surface area contributed by atoms with Crippen LogP contribution >= 0.6 is 11.3 Å². The first-order chi connectivity index (χ1) is 7.33. The molecule has 5 heteroatoms. The molecular formula is C10H15N3OS. The third-order valence-corrected chi connectivity index (χ3v) is 3.16. The van der Waals surface area contributed by atoms with Crippen LogP contribution in [0.25, 0.3) is 0 Å². The van der Waals surface area contributed by atoms with Gasteiger partial charge >= 0.3 is 0 Å². The number of aromatic nitrogens is 1. The van der Waals surface area contributed by atoms with Crippen LogP contribution in [-0.4, -0.2) is 41.5 Å². The molecule has 0 unspecified atom stereocenters. The number of amides is 1. The summed E-state index contributed by atoms with van der Waals surface area (Å²) < 4.78 is 0. The summed E-state index contributed by atoms with van der Waals surface area (Å²) in [5.74, 6) is 0.0737. The third kappa shape index (κ3) is 2.18. The molecule has 1 N–H and O–H groups in total. The van der Waals surface area contributed by atoms with E-state index in [-0.39, 0.29) is 5.91 Å². The second kappa shape index (κ2) is 4.72. The topological polar surface area (TPSA) is 45.2 Å². The first-order valence-corrected chi connectivity index (χ1v) is 6.17. The van der Waals surface area contributed by atoms with Crippen LogP contribution < -0.4 is 5.32 Å². The lowest BCUT2D eigenvalue weighted by molar-refractivity contribution is 0.0610. The highest BCUT2D eigenvalue weighted by Crippen LogP contribution is 2.12. The summed E-state index contributed by atoms with van der Waals surface area (Å²) in [7, 11) is 0. The summed E-state index contributed by atoms with van der Waals surface area (Å²) in [5, 5.41) is 5.01. The zero-order valence-corrected chi connectivity index (χ0v) is 9.59. The lowest BCUT2D eigenvalue weighted by atomic mass is 10.1. The van der Waals surface area contributed by atoms with Gasteiger partial charge in [-0.05, 0) is 6.42 Å². The van der Waals surface area contributed by atoms with E-state index in [0.29, 0.717) is 11.7 Å². The zero-order valence-electron chi connectivity index (χ0n) is 8.77. The standard InChI is InChI=1S/C10H15N3OS/c1-2-3-13(8-4-11-5-8)10(14)9-6-15-7-12-9/h6-8,11H,2-5H2,1H3. The highest BCUT2D eigenvalue weighted by molar-refractivity contribution is 7.07. The van der Waals surface area contributed by atoms with Crippen molar-refractivity contribution in [3.05, 3.63) is 16.6 Å². The van der Waals surface area contributed by atoms with Crippen LogP contribution in [0, 0.1) is 0 Å². The second-order valence-electron chi connectivity index (χ2n) is 3.68. The first-order valence-electron chi connectivity index (χ1n) is 5.22. The SMILES string of the molecule is CCCN(C(=O)c1cscn1)C1CNC1. The van der Waals surface area contributed by atoms with Gasteiger partial charge in [0.25, 0.3) is 5.91 Å². The molecule has 1 aromatic rings. The van der Waals surface area contributed by atoms with Crippen LogP contribution in [0.5, 0.6) is 0 Å². The van der Waals surface area contributed by atoms with E-state index in [0.717, 1.165) is 26.1 Å². The molecular weight excluding hydrogens is 210 g/mol. The minimum Gasteiger partial charge on any atom is -0.332 e. The Labute approximate surface area is 93.3 Å². The summed E-state index contributed by atoms with van der Waals surface area (Å²) in [6.07, 6.45) is 0.992. The molecule has 2 rings (SSSR count). The summed E-state index contributed by atoms with van der Waals surface area (Å²) in [6.45, 7) is 4.74. The van der Waals surface area contributed by atoms with E-state index in [2.05, 4.69) is 17.2 Å². The Kier molecular flexibility index (Phi) is 3.33. The molecule has 1 fully saturated rings. The van der Waals surface area contributed by atoms with Gasteiger partial charge in [-0.2, -0.15) is 0 Å². The van der Waals surface area contributed by atoms with Crippen molar-refractivity contribution in [2.24, 2.45) is 0 Å². The highest BCUT2D eigenvalue weighted by atomic mass is 32.1. The molecule has 0 saturated carbocycles. The number of carbonyl (C=O) groups is 1. The van der Waals surface area contributed by atoms with E-state index in [9.17, 15) is 4.79 Å². The Morgan fingerprint density at radius 3 is 3.00 bits per heavy atom. The molecule has 1 aliphatic rings. The Morgan fingerprint density at radius 2 is 2.53 bits per heavy atom. The van der Waals surface area contributed by atoms with Gasteiger partial charge in [0, 0.05) is 25.0 Å². The molecule has 1 amide bonds. The second-order valence-corrected chi connectivity index (χ2v) is 4.40. The number of nitrogens with one attached hydrogen (secondary N) is 1. The Balaban J connectivity index is 2.06. The lowest BCUT2D eigenvalue weighted by Gasteiger charge is -2.37. The quantitative estimate of drug-likeness (QED) is 0.830. The maximum absolute atomic E-state index is 12.1. The fourth-order valence-corrected chi connectivity index (χ4v) is 2.18. The van der Waals surface area contributed by atoms with E-state index in [4.69, 9.17) is 0 Å². The van der Waals surface area contributed by atoms with Crippen LogP contribution in [0.1, 0.15) is 23.8 Å². The number of hydrogen-bond donors (Lipinski definition) is 1. The monoisotopic (exact) mass is 225 g/mol. The molecule has 15 heavy (non-hydrogen) atoms. The maximum atomic E-state index is 12.1. The highest BCUT2D eigenvalue weighted by Gasteiger charge is 2.29. The van der Waals surface area contributed by atoms with Crippen molar-refractivity contribution < 1.29 is 4.79 Å². The van der Waals surface area contributed by atoms with E-state index in [1.54, 1.807) is 5.51 Å². The number of rotatable bonds is 4.